The Labute approximate surface area is 142 Å². The molecule has 24 heavy (non-hydrogen) atoms. The first-order valence-corrected chi connectivity index (χ1v) is 9.44. The van der Waals surface area contributed by atoms with Crippen LogP contribution < -0.4 is 10.6 Å². The van der Waals surface area contributed by atoms with Crippen molar-refractivity contribution in [1.29, 1.82) is 0 Å². The van der Waals surface area contributed by atoms with Crippen molar-refractivity contribution in [2.45, 2.75) is 31.4 Å². The molecule has 0 spiro atoms. The van der Waals surface area contributed by atoms with Crippen molar-refractivity contribution >= 4 is 21.6 Å². The molecule has 0 fully saturated rings. The summed E-state index contributed by atoms with van der Waals surface area (Å²) in [6.45, 7) is 3.75. The molecule has 0 bridgehead atoms. The fourth-order valence-electron chi connectivity index (χ4n) is 2.16. The number of hydrogen-bond donors (Lipinski definition) is 2. The summed E-state index contributed by atoms with van der Waals surface area (Å²) in [5.74, 6) is -0.0359. The molecule has 0 saturated heterocycles. The summed E-state index contributed by atoms with van der Waals surface area (Å²) in [5.41, 5.74) is 2.23. The third kappa shape index (κ3) is 5.13. The van der Waals surface area contributed by atoms with Crippen LogP contribution in [0.3, 0.4) is 0 Å². The van der Waals surface area contributed by atoms with E-state index in [0.29, 0.717) is 17.8 Å². The predicted octanol–water partition coefficient (Wildman–Crippen LogP) is 2.67. The van der Waals surface area contributed by atoms with Gasteiger partial charge in [-0.3, -0.25) is 0 Å². The Morgan fingerprint density at radius 1 is 1.21 bits per heavy atom. The lowest BCUT2D eigenvalue weighted by Crippen LogP contribution is -2.28. The Hall–Kier alpha value is -2.28. The average molecular weight is 349 g/mol. The number of anilines is 1. The van der Waals surface area contributed by atoms with Crippen LogP contribution in [0.25, 0.3) is 0 Å². The minimum atomic E-state index is -3.17. The Morgan fingerprint density at radius 3 is 2.58 bits per heavy atom. The van der Waals surface area contributed by atoms with Crippen LogP contribution in [0.2, 0.25) is 0 Å². The highest BCUT2D eigenvalue weighted by atomic mass is 32.2. The van der Waals surface area contributed by atoms with E-state index in [1.165, 1.54) is 0 Å². The van der Waals surface area contributed by atoms with E-state index >= 15 is 0 Å². The molecule has 1 aromatic carbocycles. The Kier molecular flexibility index (Phi) is 5.66. The van der Waals surface area contributed by atoms with Crippen molar-refractivity contribution in [3.63, 3.8) is 0 Å². The second-order valence-corrected chi connectivity index (χ2v) is 8.61. The predicted molar refractivity (Wildman–Crippen MR) is 95.5 cm³/mol. The molecular formula is C17H23N3O3S. The molecule has 0 atom stereocenters. The molecule has 7 heteroatoms. The second-order valence-electron chi connectivity index (χ2n) is 6.05. The van der Waals surface area contributed by atoms with E-state index in [9.17, 15) is 13.2 Å². The van der Waals surface area contributed by atoms with Gasteiger partial charge in [0.15, 0.2) is 9.84 Å². The fourth-order valence-corrected chi connectivity index (χ4v) is 3.14. The molecule has 2 aromatic rings. The largest absolute Gasteiger partial charge is 0.357 e. The summed E-state index contributed by atoms with van der Waals surface area (Å²) >= 11 is 0. The lowest BCUT2D eigenvalue weighted by atomic mass is 10.2. The second kappa shape index (κ2) is 7.53. The minimum absolute atomic E-state index is 0.0359. The van der Waals surface area contributed by atoms with Gasteiger partial charge in [0.1, 0.15) is 0 Å². The van der Waals surface area contributed by atoms with Crippen molar-refractivity contribution < 1.29 is 13.2 Å². The summed E-state index contributed by atoms with van der Waals surface area (Å²) < 4.78 is 25.9. The zero-order valence-corrected chi connectivity index (χ0v) is 14.9. The molecule has 1 heterocycles. The monoisotopic (exact) mass is 349 g/mol. The molecule has 2 amide bonds. The standard InChI is InChI=1S/C17H23N3O3S/c1-13(2)24(22,23)12-14-5-4-6-16(9-14)19-17(21)18-10-15-7-8-20(3)11-15/h4-9,11,13H,10,12H2,1-3H3,(H2,18,19,21). The highest BCUT2D eigenvalue weighted by Gasteiger charge is 2.17. The molecule has 2 rings (SSSR count). The number of nitrogens with zero attached hydrogens (tertiary/aromatic N) is 1. The molecule has 0 unspecified atom stereocenters. The van der Waals surface area contributed by atoms with Crippen molar-refractivity contribution in [2.24, 2.45) is 7.05 Å². The van der Waals surface area contributed by atoms with Crippen molar-refractivity contribution in [3.8, 4) is 0 Å². The number of amides is 2. The van der Waals surface area contributed by atoms with Crippen LogP contribution in [0.5, 0.6) is 0 Å². The normalized spacial score (nSPS) is 11.5. The summed E-state index contributed by atoms with van der Waals surface area (Å²) in [7, 11) is -1.25. The number of carbonyl (C=O) groups is 1. The Morgan fingerprint density at radius 2 is 1.96 bits per heavy atom. The van der Waals surface area contributed by atoms with E-state index in [1.807, 2.05) is 30.1 Å². The summed E-state index contributed by atoms with van der Waals surface area (Å²) in [4.78, 5) is 12.0. The van der Waals surface area contributed by atoms with Gasteiger partial charge < -0.3 is 15.2 Å². The van der Waals surface area contributed by atoms with Crippen LogP contribution in [0.1, 0.15) is 25.0 Å². The van der Waals surface area contributed by atoms with Crippen molar-refractivity contribution in [3.05, 3.63) is 53.9 Å². The highest BCUT2D eigenvalue weighted by molar-refractivity contribution is 7.91. The highest BCUT2D eigenvalue weighted by Crippen LogP contribution is 2.15. The molecule has 0 saturated carbocycles. The molecular weight excluding hydrogens is 326 g/mol. The van der Waals surface area contributed by atoms with E-state index < -0.39 is 15.1 Å². The zero-order chi connectivity index (χ0) is 17.7. The molecule has 0 aliphatic carbocycles. The molecule has 0 radical (unpaired) electrons. The van der Waals surface area contributed by atoms with E-state index in [-0.39, 0.29) is 11.8 Å². The zero-order valence-electron chi connectivity index (χ0n) is 14.1. The first-order chi connectivity index (χ1) is 11.3. The number of aromatic nitrogens is 1. The molecule has 0 aliphatic rings. The molecule has 0 aliphatic heterocycles. The maximum atomic E-state index is 12.0. The average Bonchev–Trinajstić information content (AvgIpc) is 2.90. The number of benzene rings is 1. The van der Waals surface area contributed by atoms with Gasteiger partial charge in [0, 0.05) is 31.7 Å². The number of hydrogen-bond acceptors (Lipinski definition) is 3. The van der Waals surface area contributed by atoms with Gasteiger partial charge in [-0.15, -0.1) is 0 Å². The molecule has 130 valence electrons. The Bertz CT molecular complexity index is 810. The van der Waals surface area contributed by atoms with Gasteiger partial charge in [0.25, 0.3) is 0 Å². The van der Waals surface area contributed by atoms with Crippen molar-refractivity contribution in [2.75, 3.05) is 5.32 Å². The third-order valence-electron chi connectivity index (χ3n) is 3.62. The molecule has 6 nitrogen and oxygen atoms in total. The lowest BCUT2D eigenvalue weighted by Gasteiger charge is -2.10. The van der Waals surface area contributed by atoms with Crippen LogP contribution in [-0.2, 0) is 29.2 Å². The van der Waals surface area contributed by atoms with Gasteiger partial charge in [-0.05, 0) is 43.2 Å². The fraction of sp³-hybridized carbons (Fsp3) is 0.353. The molecule has 1 aromatic heterocycles. The quantitative estimate of drug-likeness (QED) is 0.841. The van der Waals surface area contributed by atoms with Crippen LogP contribution in [0.15, 0.2) is 42.7 Å². The lowest BCUT2D eigenvalue weighted by molar-refractivity contribution is 0.251. The van der Waals surface area contributed by atoms with Crippen LogP contribution in [0.4, 0.5) is 10.5 Å². The number of urea groups is 1. The maximum absolute atomic E-state index is 12.0. The topological polar surface area (TPSA) is 80.2 Å². The van der Waals surface area contributed by atoms with Gasteiger partial charge in [-0.2, -0.15) is 0 Å². The summed E-state index contributed by atoms with van der Waals surface area (Å²) in [5, 5.41) is 5.06. The van der Waals surface area contributed by atoms with Gasteiger partial charge in [0.2, 0.25) is 0 Å². The maximum Gasteiger partial charge on any atom is 0.319 e. The number of carbonyl (C=O) groups excluding carboxylic acids is 1. The van der Waals surface area contributed by atoms with E-state index in [0.717, 1.165) is 5.56 Å². The molecule has 2 N–H and O–H groups in total. The third-order valence-corrected chi connectivity index (χ3v) is 5.79. The number of nitrogens with one attached hydrogen (secondary N) is 2. The SMILES string of the molecule is CC(C)S(=O)(=O)Cc1cccc(NC(=O)NCc2ccn(C)c2)c1. The van der Waals surface area contributed by atoms with Gasteiger partial charge >= 0.3 is 6.03 Å². The van der Waals surface area contributed by atoms with Crippen LogP contribution >= 0.6 is 0 Å². The van der Waals surface area contributed by atoms with E-state index in [1.54, 1.807) is 38.1 Å². The number of aryl methyl sites for hydroxylation is 1. The van der Waals surface area contributed by atoms with Crippen LogP contribution in [-0.4, -0.2) is 24.3 Å². The number of sulfone groups is 1. The summed E-state index contributed by atoms with van der Waals surface area (Å²) in [6, 6.07) is 8.49. The van der Waals surface area contributed by atoms with Crippen LogP contribution in [0, 0.1) is 0 Å². The van der Waals surface area contributed by atoms with Crippen molar-refractivity contribution in [1.82, 2.24) is 9.88 Å². The van der Waals surface area contributed by atoms with E-state index in [2.05, 4.69) is 10.6 Å². The smallest absolute Gasteiger partial charge is 0.319 e. The van der Waals surface area contributed by atoms with E-state index in [4.69, 9.17) is 0 Å². The van der Waals surface area contributed by atoms with Gasteiger partial charge in [-0.25, -0.2) is 13.2 Å². The first-order valence-electron chi connectivity index (χ1n) is 7.72. The first kappa shape index (κ1) is 18.1. The Balaban J connectivity index is 1.95. The van der Waals surface area contributed by atoms with Gasteiger partial charge in [0.05, 0.1) is 11.0 Å². The van der Waals surface area contributed by atoms with Gasteiger partial charge in [-0.1, -0.05) is 12.1 Å². The minimum Gasteiger partial charge on any atom is -0.357 e. The number of rotatable bonds is 6. The summed E-state index contributed by atoms with van der Waals surface area (Å²) in [6.07, 6.45) is 3.84.